The van der Waals surface area contributed by atoms with E-state index in [0.29, 0.717) is 23.9 Å². The van der Waals surface area contributed by atoms with Gasteiger partial charge in [0.25, 0.3) is 0 Å². The second-order valence-electron chi connectivity index (χ2n) is 7.53. The standard InChI is InChI=1S/C21H30N4O4/c1-14-9-15(2)24-21(23-14)25-7-5-17(6-8-25)22-11-18(27)13-29-19-3-4-20(28)16(10-19)12-26/h3-4,9-10,17-18,22,26-28H,5-8,11-13H2,1-2H3. The number of aromatic hydroxyl groups is 1. The number of hydrogen-bond donors (Lipinski definition) is 4. The molecule has 158 valence electrons. The number of nitrogens with zero attached hydrogens (tertiary/aromatic N) is 3. The first kappa shape index (κ1) is 21.3. The van der Waals surface area contributed by atoms with Crippen molar-refractivity contribution < 1.29 is 20.1 Å². The third kappa shape index (κ3) is 6.03. The first-order valence-electron chi connectivity index (χ1n) is 9.99. The van der Waals surface area contributed by atoms with Crippen molar-refractivity contribution in [2.45, 2.75) is 45.4 Å². The number of aliphatic hydroxyl groups excluding tert-OH is 2. The quantitative estimate of drug-likeness (QED) is 0.523. The lowest BCUT2D eigenvalue weighted by Crippen LogP contribution is -2.46. The molecule has 4 N–H and O–H groups in total. The summed E-state index contributed by atoms with van der Waals surface area (Å²) < 4.78 is 5.57. The molecule has 29 heavy (non-hydrogen) atoms. The average Bonchev–Trinajstić information content (AvgIpc) is 2.71. The van der Waals surface area contributed by atoms with Crippen LogP contribution in [0.3, 0.4) is 0 Å². The molecule has 0 aliphatic carbocycles. The van der Waals surface area contributed by atoms with Gasteiger partial charge in [-0.05, 0) is 51.0 Å². The van der Waals surface area contributed by atoms with Crippen LogP contribution in [-0.2, 0) is 6.61 Å². The lowest BCUT2D eigenvalue weighted by Gasteiger charge is -2.33. The average molecular weight is 402 g/mol. The van der Waals surface area contributed by atoms with Crippen molar-refractivity contribution >= 4 is 5.95 Å². The topological polar surface area (TPSA) is 111 Å². The van der Waals surface area contributed by atoms with E-state index in [0.717, 1.165) is 43.3 Å². The molecule has 1 atom stereocenters. The van der Waals surface area contributed by atoms with E-state index in [9.17, 15) is 15.3 Å². The summed E-state index contributed by atoms with van der Waals surface area (Å²) in [5.41, 5.74) is 2.36. The molecule has 3 rings (SSSR count). The van der Waals surface area contributed by atoms with Gasteiger partial charge in [-0.1, -0.05) is 0 Å². The predicted octanol–water partition coefficient (Wildman–Crippen LogP) is 1.29. The normalized spacial score (nSPS) is 16.1. The smallest absolute Gasteiger partial charge is 0.225 e. The third-order valence-corrected chi connectivity index (χ3v) is 5.05. The number of aryl methyl sites for hydroxylation is 2. The third-order valence-electron chi connectivity index (χ3n) is 5.05. The molecule has 0 saturated carbocycles. The summed E-state index contributed by atoms with van der Waals surface area (Å²) >= 11 is 0. The number of ether oxygens (including phenoxy) is 1. The molecule has 1 aliphatic heterocycles. The first-order valence-corrected chi connectivity index (χ1v) is 9.99. The molecule has 0 bridgehead atoms. The molecule has 1 aromatic heterocycles. The Hall–Kier alpha value is -2.42. The minimum absolute atomic E-state index is 0.0274. The number of rotatable bonds is 8. The van der Waals surface area contributed by atoms with Crippen LogP contribution in [0.1, 0.15) is 29.8 Å². The van der Waals surface area contributed by atoms with Gasteiger partial charge in [0.1, 0.15) is 24.2 Å². The maximum absolute atomic E-state index is 10.2. The van der Waals surface area contributed by atoms with Gasteiger partial charge < -0.3 is 30.3 Å². The van der Waals surface area contributed by atoms with E-state index in [4.69, 9.17) is 4.74 Å². The summed E-state index contributed by atoms with van der Waals surface area (Å²) in [5, 5.41) is 32.4. The van der Waals surface area contributed by atoms with Gasteiger partial charge in [-0.15, -0.1) is 0 Å². The molecule has 2 heterocycles. The Morgan fingerprint density at radius 2 is 1.86 bits per heavy atom. The lowest BCUT2D eigenvalue weighted by molar-refractivity contribution is 0.102. The van der Waals surface area contributed by atoms with Gasteiger partial charge in [-0.2, -0.15) is 0 Å². The van der Waals surface area contributed by atoms with Crippen molar-refractivity contribution in [1.82, 2.24) is 15.3 Å². The highest BCUT2D eigenvalue weighted by Crippen LogP contribution is 2.23. The van der Waals surface area contributed by atoms with Crippen LogP contribution in [0.25, 0.3) is 0 Å². The van der Waals surface area contributed by atoms with E-state index in [1.165, 1.54) is 6.07 Å². The van der Waals surface area contributed by atoms with Crippen molar-refractivity contribution in [3.05, 3.63) is 41.2 Å². The van der Waals surface area contributed by atoms with E-state index < -0.39 is 6.10 Å². The highest BCUT2D eigenvalue weighted by molar-refractivity contribution is 5.38. The number of aliphatic hydroxyl groups is 2. The van der Waals surface area contributed by atoms with Crippen molar-refractivity contribution in [3.8, 4) is 11.5 Å². The zero-order valence-corrected chi connectivity index (χ0v) is 17.0. The van der Waals surface area contributed by atoms with E-state index in [1.807, 2.05) is 19.9 Å². The number of phenols is 1. The van der Waals surface area contributed by atoms with E-state index in [1.54, 1.807) is 12.1 Å². The van der Waals surface area contributed by atoms with E-state index in [2.05, 4.69) is 20.2 Å². The molecule has 0 spiro atoms. The van der Waals surface area contributed by atoms with Crippen LogP contribution < -0.4 is 15.0 Å². The Labute approximate surface area is 171 Å². The van der Waals surface area contributed by atoms with E-state index in [-0.39, 0.29) is 19.0 Å². The molecule has 1 fully saturated rings. The Morgan fingerprint density at radius 3 is 2.52 bits per heavy atom. The van der Waals surface area contributed by atoms with Crippen molar-refractivity contribution in [3.63, 3.8) is 0 Å². The summed E-state index contributed by atoms with van der Waals surface area (Å²) in [5.74, 6) is 1.33. The minimum atomic E-state index is -0.651. The minimum Gasteiger partial charge on any atom is -0.508 e. The molecule has 0 radical (unpaired) electrons. The molecular formula is C21H30N4O4. The largest absolute Gasteiger partial charge is 0.508 e. The SMILES string of the molecule is Cc1cc(C)nc(N2CCC(NCC(O)COc3ccc(O)c(CO)c3)CC2)n1. The Morgan fingerprint density at radius 1 is 1.17 bits per heavy atom. The fourth-order valence-corrected chi connectivity index (χ4v) is 3.46. The van der Waals surface area contributed by atoms with Crippen LogP contribution in [0.2, 0.25) is 0 Å². The van der Waals surface area contributed by atoms with Gasteiger partial charge in [0.15, 0.2) is 0 Å². The number of benzene rings is 1. The summed E-state index contributed by atoms with van der Waals surface area (Å²) in [6, 6.07) is 6.96. The molecular weight excluding hydrogens is 372 g/mol. The maximum Gasteiger partial charge on any atom is 0.225 e. The van der Waals surface area contributed by atoms with Gasteiger partial charge in [0.2, 0.25) is 5.95 Å². The molecule has 1 aliphatic rings. The predicted molar refractivity (Wildman–Crippen MR) is 110 cm³/mol. The molecule has 1 unspecified atom stereocenters. The summed E-state index contributed by atoms with van der Waals surface area (Å²) in [6.45, 7) is 6.04. The van der Waals surface area contributed by atoms with Crippen LogP contribution >= 0.6 is 0 Å². The molecule has 1 saturated heterocycles. The molecule has 8 heteroatoms. The number of anilines is 1. The van der Waals surface area contributed by atoms with Crippen LogP contribution in [0.4, 0.5) is 5.95 Å². The Bertz CT molecular complexity index is 789. The first-order chi connectivity index (χ1) is 13.9. The Balaban J connectivity index is 1.39. The van der Waals surface area contributed by atoms with Gasteiger partial charge in [0.05, 0.1) is 6.61 Å². The fourth-order valence-electron chi connectivity index (χ4n) is 3.46. The second-order valence-corrected chi connectivity index (χ2v) is 7.53. The number of nitrogens with one attached hydrogen (secondary N) is 1. The monoisotopic (exact) mass is 402 g/mol. The number of piperidine rings is 1. The van der Waals surface area contributed by atoms with E-state index >= 15 is 0 Å². The Kier molecular flexibility index (Phi) is 7.24. The van der Waals surface area contributed by atoms with Crippen molar-refractivity contribution in [2.24, 2.45) is 0 Å². The van der Waals surface area contributed by atoms with Gasteiger partial charge in [-0.25, -0.2) is 9.97 Å². The lowest BCUT2D eigenvalue weighted by atomic mass is 10.1. The van der Waals surface area contributed by atoms with Gasteiger partial charge in [-0.3, -0.25) is 0 Å². The summed E-state index contributed by atoms with van der Waals surface area (Å²) in [6.07, 6.45) is 1.27. The van der Waals surface area contributed by atoms with Crippen LogP contribution in [-0.4, -0.2) is 63.7 Å². The van der Waals surface area contributed by atoms with Crippen molar-refractivity contribution in [2.75, 3.05) is 31.1 Å². The second kappa shape index (κ2) is 9.87. The van der Waals surface area contributed by atoms with Gasteiger partial charge >= 0.3 is 0 Å². The summed E-state index contributed by atoms with van der Waals surface area (Å²) in [7, 11) is 0. The highest BCUT2D eigenvalue weighted by atomic mass is 16.5. The summed E-state index contributed by atoms with van der Waals surface area (Å²) in [4.78, 5) is 11.3. The van der Waals surface area contributed by atoms with Crippen LogP contribution in [0.5, 0.6) is 11.5 Å². The van der Waals surface area contributed by atoms with Crippen LogP contribution in [0.15, 0.2) is 24.3 Å². The number of aromatic nitrogens is 2. The van der Waals surface area contributed by atoms with Crippen LogP contribution in [0, 0.1) is 13.8 Å². The zero-order chi connectivity index (χ0) is 20.8. The molecule has 1 aromatic carbocycles. The maximum atomic E-state index is 10.2. The number of hydrogen-bond acceptors (Lipinski definition) is 8. The highest BCUT2D eigenvalue weighted by Gasteiger charge is 2.21. The van der Waals surface area contributed by atoms with Gasteiger partial charge in [0, 0.05) is 42.6 Å². The van der Waals surface area contributed by atoms with Crippen molar-refractivity contribution in [1.29, 1.82) is 0 Å². The molecule has 2 aromatic rings. The molecule has 8 nitrogen and oxygen atoms in total. The zero-order valence-electron chi connectivity index (χ0n) is 17.0. The fraction of sp³-hybridized carbons (Fsp3) is 0.524. The molecule has 0 amide bonds.